The molecule has 5 nitrogen and oxygen atoms in total. The molecule has 0 bridgehead atoms. The van der Waals surface area contributed by atoms with Gasteiger partial charge in [0.25, 0.3) is 0 Å². The van der Waals surface area contributed by atoms with Crippen LogP contribution in [0.3, 0.4) is 0 Å². The zero-order chi connectivity index (χ0) is 10.8. The quantitative estimate of drug-likeness (QED) is 0.501. The lowest BCUT2D eigenvalue weighted by molar-refractivity contribution is 0.178. The minimum absolute atomic E-state index is 0.388. The van der Waals surface area contributed by atoms with Gasteiger partial charge in [-0.1, -0.05) is 30.3 Å². The molecular formula is C9H14N2O3. The molecule has 1 rings (SSSR count). The lowest BCUT2D eigenvalue weighted by atomic mass is 10.1. The monoisotopic (exact) mass is 198 g/mol. The maximum atomic E-state index is 9.46. The predicted octanol–water partition coefficient (Wildman–Crippen LogP) is 1.08. The molecule has 3 N–H and O–H groups in total. The molecule has 5 heteroatoms. The molecule has 14 heavy (non-hydrogen) atoms. The molecule has 0 heterocycles. The molecule has 0 aliphatic carbocycles. The number of hydrogen-bond acceptors (Lipinski definition) is 4. The van der Waals surface area contributed by atoms with Crippen LogP contribution in [0.15, 0.2) is 35.7 Å². The van der Waals surface area contributed by atoms with E-state index in [4.69, 9.17) is 10.1 Å². The first-order chi connectivity index (χ1) is 6.76. The number of nitrogens with one attached hydrogen (secondary N) is 1. The van der Waals surface area contributed by atoms with Crippen molar-refractivity contribution < 1.29 is 10.3 Å². The molecule has 0 spiro atoms. The Balaban J connectivity index is 0.000000500. The zero-order valence-electron chi connectivity index (χ0n) is 7.92. The van der Waals surface area contributed by atoms with Gasteiger partial charge in [-0.15, -0.1) is 4.91 Å². The summed E-state index contributed by atoms with van der Waals surface area (Å²) in [5.41, 5.74) is 0.960. The minimum atomic E-state index is -0.388. The van der Waals surface area contributed by atoms with E-state index in [1.54, 1.807) is 0 Å². The van der Waals surface area contributed by atoms with Crippen LogP contribution in [0.25, 0.3) is 0 Å². The van der Waals surface area contributed by atoms with Gasteiger partial charge in [0.1, 0.15) is 0 Å². The summed E-state index contributed by atoms with van der Waals surface area (Å²) < 4.78 is 0. The van der Waals surface area contributed by atoms with Gasteiger partial charge >= 0.3 is 0 Å². The molecular weight excluding hydrogens is 184 g/mol. The van der Waals surface area contributed by atoms with Crippen molar-refractivity contribution in [3.05, 3.63) is 40.8 Å². The third kappa shape index (κ3) is 5.23. The van der Waals surface area contributed by atoms with Crippen LogP contribution in [-0.2, 0) is 0 Å². The van der Waals surface area contributed by atoms with E-state index in [9.17, 15) is 5.11 Å². The first kappa shape index (κ1) is 12.5. The largest absolute Gasteiger partial charge is 0.387 e. The van der Waals surface area contributed by atoms with Crippen LogP contribution in [0.2, 0.25) is 0 Å². The maximum Gasteiger partial charge on any atom is 0.152 e. The maximum absolute atomic E-state index is 9.46. The highest BCUT2D eigenvalue weighted by atomic mass is 16.6. The molecule has 0 amide bonds. The molecule has 1 atom stereocenters. The van der Waals surface area contributed by atoms with Crippen LogP contribution in [0.4, 0.5) is 0 Å². The summed E-state index contributed by atoms with van der Waals surface area (Å²) >= 11 is 0. The van der Waals surface area contributed by atoms with Crippen molar-refractivity contribution in [1.82, 2.24) is 5.32 Å². The normalized spacial score (nSPS) is 11.0. The summed E-state index contributed by atoms with van der Waals surface area (Å²) in [7, 11) is 1.83. The third-order valence-corrected chi connectivity index (χ3v) is 1.58. The zero-order valence-corrected chi connectivity index (χ0v) is 7.92. The van der Waals surface area contributed by atoms with Crippen molar-refractivity contribution in [1.29, 1.82) is 0 Å². The molecule has 0 unspecified atom stereocenters. The number of nitrogens with zero attached hydrogens (tertiary/aromatic N) is 1. The molecule has 0 aromatic heterocycles. The molecule has 0 fully saturated rings. The van der Waals surface area contributed by atoms with Crippen LogP contribution in [-0.4, -0.2) is 23.9 Å². The van der Waals surface area contributed by atoms with Gasteiger partial charge in [0.15, 0.2) is 5.34 Å². The number of hydrogen-bond donors (Lipinski definition) is 3. The molecule has 0 aliphatic rings. The molecule has 1 aromatic carbocycles. The van der Waals surface area contributed by atoms with Gasteiger partial charge < -0.3 is 15.6 Å². The van der Waals surface area contributed by atoms with Crippen molar-refractivity contribution >= 4 is 0 Å². The van der Waals surface area contributed by atoms with Gasteiger partial charge in [0.05, 0.1) is 6.10 Å². The second kappa shape index (κ2) is 8.15. The second-order valence-corrected chi connectivity index (χ2v) is 2.57. The summed E-state index contributed by atoms with van der Waals surface area (Å²) in [6.45, 7) is 0.601. The van der Waals surface area contributed by atoms with Gasteiger partial charge in [-0.05, 0) is 12.6 Å². The van der Waals surface area contributed by atoms with Crippen molar-refractivity contribution in [2.24, 2.45) is 5.34 Å². The Kier molecular flexibility index (Phi) is 7.30. The van der Waals surface area contributed by atoms with Crippen LogP contribution < -0.4 is 5.32 Å². The molecule has 0 saturated heterocycles. The van der Waals surface area contributed by atoms with E-state index < -0.39 is 0 Å². The van der Waals surface area contributed by atoms with Crippen molar-refractivity contribution in [3.8, 4) is 0 Å². The van der Waals surface area contributed by atoms with E-state index in [1.807, 2.05) is 37.4 Å². The fourth-order valence-corrected chi connectivity index (χ4v) is 0.986. The molecule has 0 radical (unpaired) electrons. The second-order valence-electron chi connectivity index (χ2n) is 2.57. The van der Waals surface area contributed by atoms with E-state index >= 15 is 0 Å². The Labute approximate surface area is 82.3 Å². The SMILES string of the molecule is CNC[C@H](O)c1ccccc1.O=NO. The molecule has 0 saturated carbocycles. The summed E-state index contributed by atoms with van der Waals surface area (Å²) in [5.74, 6) is 0. The van der Waals surface area contributed by atoms with E-state index in [-0.39, 0.29) is 6.10 Å². The Hall–Kier alpha value is -1.46. The van der Waals surface area contributed by atoms with Gasteiger partial charge in [0, 0.05) is 6.54 Å². The highest BCUT2D eigenvalue weighted by molar-refractivity contribution is 5.17. The van der Waals surface area contributed by atoms with E-state index in [2.05, 4.69) is 5.32 Å². The standard InChI is InChI=1S/C9H13NO.HNO2/c1-10-7-9(11)8-5-3-2-4-6-8;2-1-3/h2-6,9-11H,7H2,1H3;(H,2,3)/t9-;/m0./s1. The smallest absolute Gasteiger partial charge is 0.152 e. The van der Waals surface area contributed by atoms with Crippen LogP contribution in [0.5, 0.6) is 0 Å². The van der Waals surface area contributed by atoms with Gasteiger partial charge in [-0.2, -0.15) is 0 Å². The highest BCUT2D eigenvalue weighted by Gasteiger charge is 2.03. The van der Waals surface area contributed by atoms with E-state index in [0.717, 1.165) is 5.56 Å². The first-order valence-corrected chi connectivity index (χ1v) is 4.10. The molecule has 1 aromatic rings. The van der Waals surface area contributed by atoms with Crippen molar-refractivity contribution in [2.45, 2.75) is 6.10 Å². The van der Waals surface area contributed by atoms with E-state index in [1.165, 1.54) is 5.34 Å². The Morgan fingerprint density at radius 2 is 1.93 bits per heavy atom. The van der Waals surface area contributed by atoms with E-state index in [0.29, 0.717) is 6.54 Å². The Morgan fingerprint density at radius 3 is 2.36 bits per heavy atom. The van der Waals surface area contributed by atoms with Crippen molar-refractivity contribution in [2.75, 3.05) is 13.6 Å². The first-order valence-electron chi connectivity index (χ1n) is 4.10. The average Bonchev–Trinajstić information content (AvgIpc) is 2.21. The number of benzene rings is 1. The lowest BCUT2D eigenvalue weighted by Gasteiger charge is -2.08. The highest BCUT2D eigenvalue weighted by Crippen LogP contribution is 2.09. The summed E-state index contributed by atoms with van der Waals surface area (Å²) in [6.07, 6.45) is -0.388. The summed E-state index contributed by atoms with van der Waals surface area (Å²) in [5, 5.41) is 20.3. The van der Waals surface area contributed by atoms with Crippen LogP contribution in [0.1, 0.15) is 11.7 Å². The summed E-state index contributed by atoms with van der Waals surface area (Å²) in [4.78, 5) is 8.11. The summed E-state index contributed by atoms with van der Waals surface area (Å²) in [6, 6.07) is 9.63. The van der Waals surface area contributed by atoms with Gasteiger partial charge in [0.2, 0.25) is 0 Å². The van der Waals surface area contributed by atoms with Crippen LogP contribution in [0, 0.1) is 4.91 Å². The number of rotatable bonds is 3. The predicted molar refractivity (Wildman–Crippen MR) is 52.9 cm³/mol. The Morgan fingerprint density at radius 1 is 1.43 bits per heavy atom. The fraction of sp³-hybridized carbons (Fsp3) is 0.333. The van der Waals surface area contributed by atoms with Crippen molar-refractivity contribution in [3.63, 3.8) is 0 Å². The minimum Gasteiger partial charge on any atom is -0.387 e. The number of aliphatic hydroxyl groups is 1. The number of likely N-dealkylation sites (N-methyl/N-ethyl adjacent to an activating group) is 1. The topological polar surface area (TPSA) is 81.9 Å². The third-order valence-electron chi connectivity index (χ3n) is 1.58. The fourth-order valence-electron chi connectivity index (χ4n) is 0.986. The average molecular weight is 198 g/mol. The van der Waals surface area contributed by atoms with Gasteiger partial charge in [-0.3, -0.25) is 0 Å². The van der Waals surface area contributed by atoms with Gasteiger partial charge in [-0.25, -0.2) is 0 Å². The lowest BCUT2D eigenvalue weighted by Crippen LogP contribution is -2.16. The molecule has 78 valence electrons. The van der Waals surface area contributed by atoms with Crippen LogP contribution >= 0.6 is 0 Å². The number of aliphatic hydroxyl groups excluding tert-OH is 1. The Bertz CT molecular complexity index is 241. The molecule has 0 aliphatic heterocycles.